The van der Waals surface area contributed by atoms with Crippen molar-refractivity contribution < 1.29 is 5.11 Å². The third-order valence-electron chi connectivity index (χ3n) is 2.93. The first-order valence-electron chi connectivity index (χ1n) is 5.93. The number of nitrogens with two attached hydrogens (primary N) is 1. The molecule has 4 N–H and O–H groups in total. The number of phenols is 1. The molecule has 1 heterocycles. The molecular weight excluding hydrogens is 238 g/mol. The van der Waals surface area contributed by atoms with Gasteiger partial charge in [0.05, 0.1) is 5.69 Å². The average molecular weight is 251 g/mol. The molecule has 19 heavy (non-hydrogen) atoms. The number of aromatic hydroxyl groups is 1. The summed E-state index contributed by atoms with van der Waals surface area (Å²) in [6.07, 6.45) is 1.85. The van der Waals surface area contributed by atoms with Crippen molar-refractivity contribution in [2.45, 2.75) is 0 Å². The Bertz CT molecular complexity index is 624. The van der Waals surface area contributed by atoms with Gasteiger partial charge in [-0.2, -0.15) is 0 Å². The van der Waals surface area contributed by atoms with Crippen LogP contribution in [0.2, 0.25) is 0 Å². The fourth-order valence-electron chi connectivity index (χ4n) is 1.89. The van der Waals surface area contributed by atoms with Crippen molar-refractivity contribution in [2.75, 3.05) is 5.73 Å². The van der Waals surface area contributed by atoms with Crippen molar-refractivity contribution in [1.82, 2.24) is 9.97 Å². The quantitative estimate of drug-likeness (QED) is 0.613. The number of phenolic OH excluding ortho intramolecular Hbond substituents is 1. The van der Waals surface area contributed by atoms with Crippen LogP contribution < -0.4 is 5.73 Å². The van der Waals surface area contributed by atoms with Gasteiger partial charge in [0.15, 0.2) is 0 Å². The van der Waals surface area contributed by atoms with Crippen LogP contribution in [0.15, 0.2) is 54.7 Å². The van der Waals surface area contributed by atoms with E-state index in [4.69, 9.17) is 5.73 Å². The third kappa shape index (κ3) is 2.28. The van der Waals surface area contributed by atoms with E-state index in [0.717, 1.165) is 28.3 Å². The maximum Gasteiger partial charge on any atom is 0.138 e. The van der Waals surface area contributed by atoms with Gasteiger partial charge in [-0.05, 0) is 36.4 Å². The molecule has 0 saturated carbocycles. The van der Waals surface area contributed by atoms with E-state index in [1.165, 1.54) is 0 Å². The van der Waals surface area contributed by atoms with Crippen LogP contribution in [0.5, 0.6) is 5.75 Å². The summed E-state index contributed by atoms with van der Waals surface area (Å²) >= 11 is 0. The van der Waals surface area contributed by atoms with Crippen molar-refractivity contribution in [3.8, 4) is 28.4 Å². The van der Waals surface area contributed by atoms with Crippen LogP contribution in [0.25, 0.3) is 22.6 Å². The van der Waals surface area contributed by atoms with Crippen LogP contribution >= 0.6 is 0 Å². The van der Waals surface area contributed by atoms with Crippen molar-refractivity contribution in [1.29, 1.82) is 0 Å². The summed E-state index contributed by atoms with van der Waals surface area (Å²) in [6, 6.07) is 14.5. The molecule has 0 bridgehead atoms. The van der Waals surface area contributed by atoms with Crippen molar-refractivity contribution in [3.63, 3.8) is 0 Å². The summed E-state index contributed by atoms with van der Waals surface area (Å²) in [4.78, 5) is 7.66. The summed E-state index contributed by atoms with van der Waals surface area (Å²) in [5.74, 6) is 1.01. The molecule has 3 aromatic rings. The Labute approximate surface area is 110 Å². The molecule has 2 aromatic carbocycles. The monoisotopic (exact) mass is 251 g/mol. The minimum atomic E-state index is 0.245. The van der Waals surface area contributed by atoms with E-state index in [2.05, 4.69) is 9.97 Å². The van der Waals surface area contributed by atoms with E-state index in [1.807, 2.05) is 42.6 Å². The van der Waals surface area contributed by atoms with Crippen LogP contribution in [0.1, 0.15) is 0 Å². The van der Waals surface area contributed by atoms with E-state index < -0.39 is 0 Å². The van der Waals surface area contributed by atoms with Gasteiger partial charge in [0, 0.05) is 23.0 Å². The predicted octanol–water partition coefficient (Wildman–Crippen LogP) is 3.03. The van der Waals surface area contributed by atoms with E-state index in [-0.39, 0.29) is 5.75 Å². The predicted molar refractivity (Wildman–Crippen MR) is 75.5 cm³/mol. The van der Waals surface area contributed by atoms with Crippen LogP contribution in [0.4, 0.5) is 5.69 Å². The Morgan fingerprint density at radius 1 is 0.895 bits per heavy atom. The number of hydrogen-bond donors (Lipinski definition) is 3. The van der Waals surface area contributed by atoms with Crippen LogP contribution in [0.3, 0.4) is 0 Å². The van der Waals surface area contributed by atoms with Gasteiger partial charge in [-0.3, -0.25) is 0 Å². The zero-order chi connectivity index (χ0) is 13.2. The van der Waals surface area contributed by atoms with Crippen LogP contribution in [-0.2, 0) is 0 Å². The largest absolute Gasteiger partial charge is 0.508 e. The minimum Gasteiger partial charge on any atom is -0.508 e. The number of rotatable bonds is 2. The molecular formula is C15H13N3O. The second-order valence-electron chi connectivity index (χ2n) is 4.30. The Morgan fingerprint density at radius 2 is 1.53 bits per heavy atom. The molecule has 1 aromatic heterocycles. The van der Waals surface area contributed by atoms with Gasteiger partial charge in [-0.1, -0.05) is 12.1 Å². The fraction of sp³-hybridized carbons (Fsp3) is 0. The highest BCUT2D eigenvalue weighted by molar-refractivity contribution is 5.66. The van der Waals surface area contributed by atoms with Gasteiger partial charge in [-0.25, -0.2) is 4.98 Å². The lowest BCUT2D eigenvalue weighted by Crippen LogP contribution is -1.84. The highest BCUT2D eigenvalue weighted by atomic mass is 16.3. The van der Waals surface area contributed by atoms with Crippen LogP contribution in [0, 0.1) is 0 Å². The second-order valence-corrected chi connectivity index (χ2v) is 4.30. The number of aromatic amines is 1. The van der Waals surface area contributed by atoms with Crippen LogP contribution in [-0.4, -0.2) is 15.1 Å². The molecule has 0 aliphatic carbocycles. The number of nitrogens with one attached hydrogen (secondary N) is 1. The smallest absolute Gasteiger partial charge is 0.138 e. The number of imidazole rings is 1. The molecule has 0 amide bonds. The van der Waals surface area contributed by atoms with Gasteiger partial charge in [-0.15, -0.1) is 0 Å². The number of aromatic nitrogens is 2. The van der Waals surface area contributed by atoms with E-state index >= 15 is 0 Å². The molecule has 0 spiro atoms. The first-order valence-corrected chi connectivity index (χ1v) is 5.93. The summed E-state index contributed by atoms with van der Waals surface area (Å²) in [5, 5.41) is 9.27. The molecule has 0 saturated heterocycles. The van der Waals surface area contributed by atoms with Gasteiger partial charge in [0.1, 0.15) is 11.6 Å². The molecule has 0 fully saturated rings. The first-order chi connectivity index (χ1) is 9.22. The molecule has 0 aliphatic rings. The number of hydrogen-bond acceptors (Lipinski definition) is 3. The molecule has 0 aliphatic heterocycles. The van der Waals surface area contributed by atoms with Gasteiger partial charge in [0.25, 0.3) is 0 Å². The summed E-state index contributed by atoms with van der Waals surface area (Å²) in [7, 11) is 0. The molecule has 94 valence electrons. The highest BCUT2D eigenvalue weighted by Gasteiger charge is 2.05. The van der Waals surface area contributed by atoms with Gasteiger partial charge < -0.3 is 15.8 Å². The number of nitrogens with zero attached hydrogens (tertiary/aromatic N) is 1. The first kappa shape index (κ1) is 11.3. The van der Waals surface area contributed by atoms with Gasteiger partial charge in [0.2, 0.25) is 0 Å². The standard InChI is InChI=1S/C15H13N3O/c16-12-5-1-10(2-6-12)14-9-17-15(18-14)11-3-7-13(19)8-4-11/h1-9,19H,16H2,(H,17,18). The SMILES string of the molecule is Nc1ccc(-c2c[nH]c(-c3ccc(O)cc3)n2)cc1. The van der Waals surface area contributed by atoms with E-state index in [9.17, 15) is 5.11 Å². The lowest BCUT2D eigenvalue weighted by molar-refractivity contribution is 0.475. The van der Waals surface area contributed by atoms with Crippen molar-refractivity contribution in [2.24, 2.45) is 0 Å². The van der Waals surface area contributed by atoms with Crippen molar-refractivity contribution in [3.05, 3.63) is 54.7 Å². The Morgan fingerprint density at radius 3 is 2.21 bits per heavy atom. The third-order valence-corrected chi connectivity index (χ3v) is 2.93. The highest BCUT2D eigenvalue weighted by Crippen LogP contribution is 2.23. The summed E-state index contributed by atoms with van der Waals surface area (Å²) in [6.45, 7) is 0. The normalized spacial score (nSPS) is 10.5. The summed E-state index contributed by atoms with van der Waals surface area (Å²) < 4.78 is 0. The van der Waals surface area contributed by atoms with E-state index in [0.29, 0.717) is 0 Å². The molecule has 0 radical (unpaired) electrons. The second kappa shape index (κ2) is 4.49. The number of anilines is 1. The van der Waals surface area contributed by atoms with Crippen molar-refractivity contribution >= 4 is 5.69 Å². The fourth-order valence-corrected chi connectivity index (χ4v) is 1.89. The lowest BCUT2D eigenvalue weighted by atomic mass is 10.1. The molecule has 0 unspecified atom stereocenters. The zero-order valence-electron chi connectivity index (χ0n) is 10.2. The maximum atomic E-state index is 9.27. The molecule has 4 nitrogen and oxygen atoms in total. The number of nitrogen functional groups attached to an aromatic ring is 1. The Hall–Kier alpha value is -2.75. The summed E-state index contributed by atoms with van der Waals surface area (Å²) in [5.41, 5.74) is 9.20. The molecule has 4 heteroatoms. The average Bonchev–Trinajstić information content (AvgIpc) is 2.90. The molecule has 0 atom stereocenters. The maximum absolute atomic E-state index is 9.27. The van der Waals surface area contributed by atoms with E-state index in [1.54, 1.807) is 12.1 Å². The Balaban J connectivity index is 1.95. The number of benzene rings is 2. The topological polar surface area (TPSA) is 74.9 Å². The zero-order valence-corrected chi connectivity index (χ0v) is 10.2. The number of H-pyrrole nitrogens is 1. The molecule has 3 rings (SSSR count). The minimum absolute atomic E-state index is 0.245. The lowest BCUT2D eigenvalue weighted by Gasteiger charge is -1.98. The van der Waals surface area contributed by atoms with Gasteiger partial charge >= 0.3 is 0 Å². The Kier molecular flexibility index (Phi) is 2.68.